The highest BCUT2D eigenvalue weighted by molar-refractivity contribution is 5.94. The van der Waals surface area contributed by atoms with Gasteiger partial charge < -0.3 is 10.2 Å². The number of nitrogens with zero attached hydrogens (tertiary/aromatic N) is 1. The number of fused-ring (bicyclic) bond motifs is 2. The number of carbonyl (C=O) groups is 1. The third-order valence-corrected chi connectivity index (χ3v) is 3.91. The highest BCUT2D eigenvalue weighted by Gasteiger charge is 2.31. The van der Waals surface area contributed by atoms with Crippen LogP contribution in [0.15, 0.2) is 24.3 Å². The van der Waals surface area contributed by atoms with Gasteiger partial charge in [-0.15, -0.1) is 0 Å². The number of amides is 1. The number of likely N-dealkylation sites (tertiary alicyclic amines) is 1. The van der Waals surface area contributed by atoms with E-state index in [1.165, 1.54) is 12.5 Å². The van der Waals surface area contributed by atoms with Crippen molar-refractivity contribution in [3.05, 3.63) is 35.6 Å². The van der Waals surface area contributed by atoms with E-state index in [0.717, 1.165) is 19.4 Å². The van der Waals surface area contributed by atoms with Crippen molar-refractivity contribution in [3.63, 3.8) is 0 Å². The molecular weight excluding hydrogens is 231 g/mol. The summed E-state index contributed by atoms with van der Waals surface area (Å²) in [5.41, 5.74) is 0.190. The number of halogens is 1. The van der Waals surface area contributed by atoms with E-state index in [-0.39, 0.29) is 11.5 Å². The minimum Gasteiger partial charge on any atom is -0.337 e. The maximum Gasteiger partial charge on any atom is 0.256 e. The zero-order valence-corrected chi connectivity index (χ0v) is 10.2. The van der Waals surface area contributed by atoms with E-state index in [1.54, 1.807) is 23.1 Å². The molecule has 2 aliphatic heterocycles. The second-order valence-electron chi connectivity index (χ2n) is 5.16. The Morgan fingerprint density at radius 3 is 2.83 bits per heavy atom. The van der Waals surface area contributed by atoms with Gasteiger partial charge in [0.1, 0.15) is 5.82 Å². The first-order valence-electron chi connectivity index (χ1n) is 6.54. The summed E-state index contributed by atoms with van der Waals surface area (Å²) in [5.74, 6) is -0.604. The van der Waals surface area contributed by atoms with Crippen molar-refractivity contribution in [2.75, 3.05) is 13.1 Å². The van der Waals surface area contributed by atoms with Crippen molar-refractivity contribution >= 4 is 5.91 Å². The summed E-state index contributed by atoms with van der Waals surface area (Å²) in [6.07, 6.45) is 3.29. The molecule has 96 valence electrons. The van der Waals surface area contributed by atoms with Crippen molar-refractivity contribution in [3.8, 4) is 0 Å². The summed E-state index contributed by atoms with van der Waals surface area (Å²) in [6, 6.07) is 7.14. The van der Waals surface area contributed by atoms with Crippen molar-refractivity contribution in [1.29, 1.82) is 0 Å². The molecule has 0 aromatic heterocycles. The van der Waals surface area contributed by atoms with Gasteiger partial charge in [0.15, 0.2) is 0 Å². The van der Waals surface area contributed by atoms with Crippen LogP contribution in [0.3, 0.4) is 0 Å². The number of carbonyl (C=O) groups excluding carboxylic acids is 1. The molecule has 0 saturated carbocycles. The van der Waals surface area contributed by atoms with Crippen molar-refractivity contribution < 1.29 is 9.18 Å². The van der Waals surface area contributed by atoms with Crippen molar-refractivity contribution in [1.82, 2.24) is 10.2 Å². The monoisotopic (exact) mass is 248 g/mol. The summed E-state index contributed by atoms with van der Waals surface area (Å²) >= 11 is 0. The average Bonchev–Trinajstić information content (AvgIpc) is 2.69. The number of benzene rings is 1. The standard InChI is InChI=1S/C14H17FN2O/c15-13-4-2-1-3-12(13)14(18)17-8-7-10-5-6-11(9-17)16-10/h1-4,10-11,16H,5-9H2. The van der Waals surface area contributed by atoms with E-state index in [2.05, 4.69) is 5.32 Å². The van der Waals surface area contributed by atoms with E-state index in [9.17, 15) is 9.18 Å². The number of hydrogen-bond donors (Lipinski definition) is 1. The Balaban J connectivity index is 1.78. The fraction of sp³-hybridized carbons (Fsp3) is 0.500. The molecule has 2 saturated heterocycles. The molecule has 1 N–H and O–H groups in total. The molecular formula is C14H17FN2O. The maximum atomic E-state index is 13.6. The van der Waals surface area contributed by atoms with E-state index < -0.39 is 5.82 Å². The van der Waals surface area contributed by atoms with Gasteiger partial charge >= 0.3 is 0 Å². The first kappa shape index (κ1) is 11.7. The molecule has 1 aromatic carbocycles. The zero-order valence-electron chi connectivity index (χ0n) is 10.2. The van der Waals surface area contributed by atoms with Crippen LogP contribution in [0.1, 0.15) is 29.6 Å². The molecule has 2 atom stereocenters. The van der Waals surface area contributed by atoms with Gasteiger partial charge in [-0.1, -0.05) is 12.1 Å². The molecule has 0 radical (unpaired) electrons. The first-order chi connectivity index (χ1) is 8.74. The molecule has 4 heteroatoms. The van der Waals surface area contributed by atoms with Gasteiger partial charge in [-0.2, -0.15) is 0 Å². The topological polar surface area (TPSA) is 32.3 Å². The van der Waals surface area contributed by atoms with Crippen LogP contribution in [0.25, 0.3) is 0 Å². The predicted octanol–water partition coefficient (Wildman–Crippen LogP) is 1.79. The number of nitrogens with one attached hydrogen (secondary N) is 1. The van der Waals surface area contributed by atoms with Gasteiger partial charge in [0, 0.05) is 25.2 Å². The predicted molar refractivity (Wildman–Crippen MR) is 66.9 cm³/mol. The second kappa shape index (κ2) is 4.69. The van der Waals surface area contributed by atoms with E-state index in [4.69, 9.17) is 0 Å². The second-order valence-corrected chi connectivity index (χ2v) is 5.16. The van der Waals surface area contributed by atoms with Crippen molar-refractivity contribution in [2.45, 2.75) is 31.3 Å². The van der Waals surface area contributed by atoms with Gasteiger partial charge in [-0.3, -0.25) is 4.79 Å². The Bertz CT molecular complexity index is 463. The lowest BCUT2D eigenvalue weighted by Crippen LogP contribution is -2.39. The lowest BCUT2D eigenvalue weighted by atomic mass is 10.1. The third kappa shape index (κ3) is 2.12. The molecule has 0 spiro atoms. The zero-order chi connectivity index (χ0) is 12.5. The van der Waals surface area contributed by atoms with Crippen LogP contribution in [-0.2, 0) is 0 Å². The lowest BCUT2D eigenvalue weighted by Gasteiger charge is -2.24. The third-order valence-electron chi connectivity index (χ3n) is 3.91. The molecule has 2 aliphatic rings. The Kier molecular flexibility index (Phi) is 3.04. The van der Waals surface area contributed by atoms with E-state index in [0.29, 0.717) is 18.6 Å². The van der Waals surface area contributed by atoms with Gasteiger partial charge in [-0.05, 0) is 31.4 Å². The quantitative estimate of drug-likeness (QED) is 0.822. The fourth-order valence-corrected chi connectivity index (χ4v) is 2.93. The van der Waals surface area contributed by atoms with Gasteiger partial charge in [0.2, 0.25) is 0 Å². The van der Waals surface area contributed by atoms with Crippen LogP contribution in [0, 0.1) is 5.82 Å². The molecule has 2 bridgehead atoms. The summed E-state index contributed by atoms with van der Waals surface area (Å²) in [5, 5.41) is 3.52. The summed E-state index contributed by atoms with van der Waals surface area (Å²) in [4.78, 5) is 14.1. The van der Waals surface area contributed by atoms with Crippen LogP contribution in [0.2, 0.25) is 0 Å². The molecule has 2 unspecified atom stereocenters. The Labute approximate surface area is 106 Å². The lowest BCUT2D eigenvalue weighted by molar-refractivity contribution is 0.0743. The molecule has 18 heavy (non-hydrogen) atoms. The first-order valence-corrected chi connectivity index (χ1v) is 6.54. The average molecular weight is 248 g/mol. The molecule has 0 aliphatic carbocycles. The number of rotatable bonds is 1. The molecule has 2 heterocycles. The van der Waals surface area contributed by atoms with Crippen LogP contribution in [-0.4, -0.2) is 36.0 Å². The summed E-state index contributed by atoms with van der Waals surface area (Å²) in [6.45, 7) is 1.42. The highest BCUT2D eigenvalue weighted by Crippen LogP contribution is 2.22. The molecule has 2 fully saturated rings. The fourth-order valence-electron chi connectivity index (χ4n) is 2.93. The molecule has 1 amide bonds. The van der Waals surface area contributed by atoms with Crippen LogP contribution < -0.4 is 5.32 Å². The Hall–Kier alpha value is -1.42. The Morgan fingerprint density at radius 2 is 2.00 bits per heavy atom. The SMILES string of the molecule is O=C(c1ccccc1F)N1CCC2CCC(C1)N2. The van der Waals surface area contributed by atoms with Crippen LogP contribution >= 0.6 is 0 Å². The smallest absolute Gasteiger partial charge is 0.256 e. The minimum absolute atomic E-state index is 0.178. The summed E-state index contributed by atoms with van der Waals surface area (Å²) in [7, 11) is 0. The normalized spacial score (nSPS) is 27.1. The largest absolute Gasteiger partial charge is 0.337 e. The molecule has 3 nitrogen and oxygen atoms in total. The Morgan fingerprint density at radius 1 is 1.22 bits per heavy atom. The van der Waals surface area contributed by atoms with E-state index >= 15 is 0 Å². The van der Waals surface area contributed by atoms with Crippen LogP contribution in [0.5, 0.6) is 0 Å². The summed E-state index contributed by atoms with van der Waals surface area (Å²) < 4.78 is 13.6. The molecule has 3 rings (SSSR count). The van der Waals surface area contributed by atoms with Gasteiger partial charge in [-0.25, -0.2) is 4.39 Å². The minimum atomic E-state index is -0.426. The van der Waals surface area contributed by atoms with E-state index in [1.807, 2.05) is 0 Å². The molecule has 1 aromatic rings. The maximum absolute atomic E-state index is 13.6. The van der Waals surface area contributed by atoms with Crippen molar-refractivity contribution in [2.24, 2.45) is 0 Å². The highest BCUT2D eigenvalue weighted by atomic mass is 19.1. The van der Waals surface area contributed by atoms with Crippen LogP contribution in [0.4, 0.5) is 4.39 Å². The van der Waals surface area contributed by atoms with Gasteiger partial charge in [0.05, 0.1) is 5.56 Å². The van der Waals surface area contributed by atoms with Gasteiger partial charge in [0.25, 0.3) is 5.91 Å². The number of hydrogen-bond acceptors (Lipinski definition) is 2.